The van der Waals surface area contributed by atoms with E-state index in [0.717, 1.165) is 43.8 Å². The van der Waals surface area contributed by atoms with E-state index >= 15 is 0 Å². The number of imide groups is 1. The molecule has 25 heavy (non-hydrogen) atoms. The van der Waals surface area contributed by atoms with Crippen molar-refractivity contribution in [2.75, 3.05) is 7.05 Å². The predicted octanol–water partition coefficient (Wildman–Crippen LogP) is 4.24. The minimum absolute atomic E-state index is 0.202. The van der Waals surface area contributed by atoms with Crippen LogP contribution in [0.25, 0.3) is 10.9 Å². The maximum Gasteiger partial charge on any atom is 0.289 e. The molecule has 1 aliphatic rings. The molecule has 1 saturated heterocycles. The van der Waals surface area contributed by atoms with Crippen LogP contribution in [0.5, 0.6) is 5.75 Å². The molecule has 2 aromatic heterocycles. The van der Waals surface area contributed by atoms with Crippen LogP contribution in [0.2, 0.25) is 0 Å². The third kappa shape index (κ3) is 3.12. The molecule has 1 aromatic carbocycles. The number of hydrogen-bond acceptors (Lipinski definition) is 6. The second kappa shape index (κ2) is 6.50. The van der Waals surface area contributed by atoms with Crippen LogP contribution in [-0.2, 0) is 11.4 Å². The maximum absolute atomic E-state index is 12.1. The van der Waals surface area contributed by atoms with E-state index in [0.29, 0.717) is 6.61 Å². The first-order valence-electron chi connectivity index (χ1n) is 7.65. The summed E-state index contributed by atoms with van der Waals surface area (Å²) in [5.74, 6) is 0.550. The first kappa shape index (κ1) is 16.1. The number of pyridine rings is 1. The smallest absolute Gasteiger partial charge is 0.289 e. The number of amides is 2. The highest BCUT2D eigenvalue weighted by molar-refractivity contribution is 8.14. The topological polar surface area (TPSA) is 59.5 Å². The van der Waals surface area contributed by atoms with Crippen molar-refractivity contribution in [3.63, 3.8) is 0 Å². The molecule has 1 atom stereocenters. The summed E-state index contributed by atoms with van der Waals surface area (Å²) in [5.41, 5.74) is 1.54. The van der Waals surface area contributed by atoms with Crippen LogP contribution in [0, 0.1) is 0 Å². The Hall–Kier alpha value is -2.38. The lowest BCUT2D eigenvalue weighted by Gasteiger charge is -2.10. The molecule has 2 amide bonds. The van der Waals surface area contributed by atoms with Gasteiger partial charge in [0.1, 0.15) is 17.6 Å². The second-order valence-corrected chi connectivity index (χ2v) is 7.74. The quantitative estimate of drug-likeness (QED) is 0.687. The number of ether oxygens (including phenoxy) is 1. The largest absolute Gasteiger partial charge is 0.488 e. The highest BCUT2D eigenvalue weighted by Gasteiger charge is 2.38. The lowest BCUT2D eigenvalue weighted by molar-refractivity contribution is -0.125. The minimum Gasteiger partial charge on any atom is -0.488 e. The fraction of sp³-hybridized carbons (Fsp3) is 0.167. The second-order valence-electron chi connectivity index (χ2n) is 5.65. The number of aromatic nitrogens is 1. The summed E-state index contributed by atoms with van der Waals surface area (Å²) in [6.07, 6.45) is 1.66. The molecule has 1 aliphatic heterocycles. The Kier molecular flexibility index (Phi) is 4.19. The monoisotopic (exact) mass is 370 g/mol. The Bertz CT molecular complexity index is 956. The molecule has 0 radical (unpaired) electrons. The standard InChI is InChI=1S/C18H14N2O3S2/c1-20-17(21)16(25-18(20)22)12-7-11-4-5-13(8-15(11)19-9-12)23-10-14-3-2-6-24-14/h2-9,16H,10H2,1H3. The molecule has 3 heterocycles. The van der Waals surface area contributed by atoms with Gasteiger partial charge in [-0.25, -0.2) is 0 Å². The van der Waals surface area contributed by atoms with E-state index in [-0.39, 0.29) is 11.1 Å². The van der Waals surface area contributed by atoms with E-state index < -0.39 is 5.25 Å². The van der Waals surface area contributed by atoms with Crippen LogP contribution in [0.1, 0.15) is 15.7 Å². The van der Waals surface area contributed by atoms with Gasteiger partial charge in [0.05, 0.1) is 5.52 Å². The van der Waals surface area contributed by atoms with E-state index in [9.17, 15) is 9.59 Å². The van der Waals surface area contributed by atoms with Crippen LogP contribution in [0.4, 0.5) is 4.79 Å². The number of rotatable bonds is 4. The summed E-state index contributed by atoms with van der Waals surface area (Å²) in [5, 5.41) is 2.19. The van der Waals surface area contributed by atoms with Gasteiger partial charge in [0, 0.05) is 29.6 Å². The van der Waals surface area contributed by atoms with Crippen molar-refractivity contribution in [2.24, 2.45) is 0 Å². The first-order chi connectivity index (χ1) is 12.1. The normalized spacial score (nSPS) is 17.5. The van der Waals surface area contributed by atoms with E-state index in [1.807, 2.05) is 41.8 Å². The summed E-state index contributed by atoms with van der Waals surface area (Å²) in [4.78, 5) is 30.6. The first-order valence-corrected chi connectivity index (χ1v) is 9.41. The Morgan fingerprint density at radius 2 is 2.12 bits per heavy atom. The Labute approximate surface area is 152 Å². The van der Waals surface area contributed by atoms with Crippen LogP contribution in [0.15, 0.2) is 48.0 Å². The van der Waals surface area contributed by atoms with Crippen LogP contribution in [-0.4, -0.2) is 28.1 Å². The van der Waals surface area contributed by atoms with Crippen molar-refractivity contribution in [3.8, 4) is 5.75 Å². The molecule has 4 rings (SSSR count). The van der Waals surface area contributed by atoms with Gasteiger partial charge in [-0.05, 0) is 47.0 Å². The van der Waals surface area contributed by atoms with Gasteiger partial charge in [-0.15, -0.1) is 11.3 Å². The maximum atomic E-state index is 12.1. The van der Waals surface area contributed by atoms with Crippen molar-refractivity contribution in [1.29, 1.82) is 0 Å². The molecule has 126 valence electrons. The summed E-state index contributed by atoms with van der Waals surface area (Å²) in [6.45, 7) is 0.531. The molecule has 7 heteroatoms. The van der Waals surface area contributed by atoms with Crippen molar-refractivity contribution in [3.05, 3.63) is 58.4 Å². The molecule has 0 aliphatic carbocycles. The van der Waals surface area contributed by atoms with Gasteiger partial charge in [0.25, 0.3) is 5.24 Å². The van der Waals surface area contributed by atoms with Crippen molar-refractivity contribution in [2.45, 2.75) is 11.9 Å². The summed E-state index contributed by atoms with van der Waals surface area (Å²) in [6, 6.07) is 11.6. The van der Waals surface area contributed by atoms with Gasteiger partial charge in [-0.1, -0.05) is 6.07 Å². The molecular formula is C18H14N2O3S2. The third-order valence-electron chi connectivity index (χ3n) is 3.99. The SMILES string of the molecule is CN1C(=O)SC(c2cnc3cc(OCc4cccs4)ccc3c2)C1=O. The molecule has 5 nitrogen and oxygen atoms in total. The molecule has 1 unspecified atom stereocenters. The molecule has 0 bridgehead atoms. The molecule has 0 spiro atoms. The van der Waals surface area contributed by atoms with Crippen LogP contribution < -0.4 is 4.74 Å². The van der Waals surface area contributed by atoms with Crippen LogP contribution in [0.3, 0.4) is 0 Å². The number of hydrogen-bond donors (Lipinski definition) is 0. The summed E-state index contributed by atoms with van der Waals surface area (Å²) >= 11 is 2.68. The number of fused-ring (bicyclic) bond motifs is 1. The van der Waals surface area contributed by atoms with Crippen molar-refractivity contribution in [1.82, 2.24) is 9.88 Å². The molecular weight excluding hydrogens is 356 g/mol. The number of thioether (sulfide) groups is 1. The summed E-state index contributed by atoms with van der Waals surface area (Å²) in [7, 11) is 1.50. The fourth-order valence-electron chi connectivity index (χ4n) is 2.61. The average Bonchev–Trinajstić information content (AvgIpc) is 3.24. The van der Waals surface area contributed by atoms with E-state index in [1.54, 1.807) is 17.5 Å². The van der Waals surface area contributed by atoms with Gasteiger partial charge >= 0.3 is 0 Å². The van der Waals surface area contributed by atoms with Gasteiger partial charge in [0.2, 0.25) is 5.91 Å². The van der Waals surface area contributed by atoms with Gasteiger partial charge in [0.15, 0.2) is 0 Å². The van der Waals surface area contributed by atoms with Gasteiger partial charge in [-0.2, -0.15) is 0 Å². The average molecular weight is 370 g/mol. The van der Waals surface area contributed by atoms with Crippen molar-refractivity contribution < 1.29 is 14.3 Å². The number of likely N-dealkylation sites (N-methyl/N-ethyl adjacent to an activating group) is 1. The molecule has 0 saturated carbocycles. The van der Waals surface area contributed by atoms with E-state index in [2.05, 4.69) is 4.98 Å². The Balaban J connectivity index is 1.56. The fourth-order valence-corrected chi connectivity index (χ4v) is 4.20. The van der Waals surface area contributed by atoms with Crippen molar-refractivity contribution >= 4 is 45.1 Å². The van der Waals surface area contributed by atoms with Gasteiger partial charge in [-0.3, -0.25) is 19.5 Å². The zero-order chi connectivity index (χ0) is 17.4. The highest BCUT2D eigenvalue weighted by atomic mass is 32.2. The Morgan fingerprint density at radius 3 is 2.84 bits per heavy atom. The number of benzene rings is 1. The molecule has 0 N–H and O–H groups in total. The zero-order valence-electron chi connectivity index (χ0n) is 13.3. The number of thiophene rings is 1. The number of nitrogens with zero attached hydrogens (tertiary/aromatic N) is 2. The summed E-state index contributed by atoms with van der Waals surface area (Å²) < 4.78 is 5.79. The zero-order valence-corrected chi connectivity index (χ0v) is 15.0. The lowest BCUT2D eigenvalue weighted by atomic mass is 10.1. The number of carbonyl (C=O) groups excluding carboxylic acids is 2. The van der Waals surface area contributed by atoms with E-state index in [1.165, 1.54) is 7.05 Å². The minimum atomic E-state index is -0.510. The molecule has 1 fully saturated rings. The third-order valence-corrected chi connectivity index (χ3v) is 6.02. The van der Waals surface area contributed by atoms with Crippen LogP contribution >= 0.6 is 23.1 Å². The number of carbonyl (C=O) groups is 2. The highest BCUT2D eigenvalue weighted by Crippen LogP contribution is 2.39. The Morgan fingerprint density at radius 1 is 1.24 bits per heavy atom. The predicted molar refractivity (Wildman–Crippen MR) is 98.9 cm³/mol. The lowest BCUT2D eigenvalue weighted by Crippen LogP contribution is -2.24. The van der Waals surface area contributed by atoms with Gasteiger partial charge < -0.3 is 4.74 Å². The molecule has 3 aromatic rings. The van der Waals surface area contributed by atoms with E-state index in [4.69, 9.17) is 4.74 Å².